The standard InChI is InChI=1S/C15H22IN5/c1-5-7-12-13(16)15(17-8-6-2)19-14(18-12)11-9-21(4)20-10(11)3/h9H,5-8H2,1-4H3,(H,17,18,19). The lowest BCUT2D eigenvalue weighted by atomic mass is 10.2. The molecule has 0 unspecified atom stereocenters. The number of hydrogen-bond donors (Lipinski definition) is 1. The third-order valence-electron chi connectivity index (χ3n) is 3.20. The smallest absolute Gasteiger partial charge is 0.165 e. The summed E-state index contributed by atoms with van der Waals surface area (Å²) in [6.07, 6.45) is 5.10. The van der Waals surface area contributed by atoms with E-state index in [1.165, 1.54) is 0 Å². The van der Waals surface area contributed by atoms with E-state index in [0.29, 0.717) is 0 Å². The van der Waals surface area contributed by atoms with Crippen molar-refractivity contribution in [3.63, 3.8) is 0 Å². The Bertz CT molecular complexity index is 621. The van der Waals surface area contributed by atoms with Crippen LogP contribution in [0.15, 0.2) is 6.20 Å². The lowest BCUT2D eigenvalue weighted by Crippen LogP contribution is -2.09. The van der Waals surface area contributed by atoms with Crippen LogP contribution in [0.4, 0.5) is 5.82 Å². The van der Waals surface area contributed by atoms with Crippen LogP contribution in [0.1, 0.15) is 38.1 Å². The minimum atomic E-state index is 0.767. The maximum absolute atomic E-state index is 4.76. The van der Waals surface area contributed by atoms with Gasteiger partial charge in [0.25, 0.3) is 0 Å². The van der Waals surface area contributed by atoms with Crippen LogP contribution in [-0.4, -0.2) is 26.3 Å². The van der Waals surface area contributed by atoms with E-state index in [4.69, 9.17) is 9.97 Å². The van der Waals surface area contributed by atoms with Crippen molar-refractivity contribution in [2.75, 3.05) is 11.9 Å². The van der Waals surface area contributed by atoms with Gasteiger partial charge in [-0.25, -0.2) is 9.97 Å². The summed E-state index contributed by atoms with van der Waals surface area (Å²) in [6, 6.07) is 0. The number of halogens is 1. The van der Waals surface area contributed by atoms with Crippen molar-refractivity contribution in [2.45, 2.75) is 40.0 Å². The molecule has 0 spiro atoms. The minimum Gasteiger partial charge on any atom is -0.369 e. The maximum atomic E-state index is 4.76. The summed E-state index contributed by atoms with van der Waals surface area (Å²) in [5, 5.41) is 7.80. The summed E-state index contributed by atoms with van der Waals surface area (Å²) in [5.74, 6) is 1.71. The Morgan fingerprint density at radius 3 is 2.57 bits per heavy atom. The molecule has 0 aromatic carbocycles. The van der Waals surface area contributed by atoms with E-state index >= 15 is 0 Å². The van der Waals surface area contributed by atoms with Crippen LogP contribution in [0.25, 0.3) is 11.4 Å². The minimum absolute atomic E-state index is 0.767. The number of rotatable bonds is 6. The normalized spacial score (nSPS) is 10.9. The number of anilines is 1. The highest BCUT2D eigenvalue weighted by Crippen LogP contribution is 2.26. The Balaban J connectivity index is 2.50. The van der Waals surface area contributed by atoms with Gasteiger partial charge in [0.15, 0.2) is 5.82 Å². The highest BCUT2D eigenvalue weighted by Gasteiger charge is 2.15. The molecular formula is C15H22IN5. The average Bonchev–Trinajstić information content (AvgIpc) is 2.79. The summed E-state index contributed by atoms with van der Waals surface area (Å²) in [7, 11) is 1.92. The molecule has 0 saturated heterocycles. The van der Waals surface area contributed by atoms with Gasteiger partial charge >= 0.3 is 0 Å². The predicted octanol–water partition coefficient (Wildman–Crippen LogP) is 3.56. The van der Waals surface area contributed by atoms with Crippen molar-refractivity contribution in [3.05, 3.63) is 21.2 Å². The van der Waals surface area contributed by atoms with Gasteiger partial charge in [-0.1, -0.05) is 20.3 Å². The zero-order chi connectivity index (χ0) is 15.4. The Morgan fingerprint density at radius 2 is 2.00 bits per heavy atom. The fourth-order valence-corrected chi connectivity index (χ4v) is 2.90. The molecule has 0 bridgehead atoms. The van der Waals surface area contributed by atoms with E-state index in [-0.39, 0.29) is 0 Å². The first-order valence-corrected chi connectivity index (χ1v) is 8.45. The largest absolute Gasteiger partial charge is 0.369 e. The molecular weight excluding hydrogens is 377 g/mol. The van der Waals surface area contributed by atoms with Crippen LogP contribution in [0, 0.1) is 10.5 Å². The number of aryl methyl sites for hydroxylation is 3. The first kappa shape index (κ1) is 16.2. The zero-order valence-corrected chi connectivity index (χ0v) is 15.2. The van der Waals surface area contributed by atoms with Gasteiger partial charge in [-0.15, -0.1) is 0 Å². The second kappa shape index (κ2) is 7.20. The van der Waals surface area contributed by atoms with E-state index in [0.717, 1.165) is 58.0 Å². The van der Waals surface area contributed by atoms with Crippen molar-refractivity contribution in [3.8, 4) is 11.4 Å². The average molecular weight is 399 g/mol. The molecule has 114 valence electrons. The molecule has 2 heterocycles. The van der Waals surface area contributed by atoms with Crippen LogP contribution < -0.4 is 5.32 Å². The molecule has 2 aromatic rings. The highest BCUT2D eigenvalue weighted by molar-refractivity contribution is 14.1. The molecule has 0 radical (unpaired) electrons. The fourth-order valence-electron chi connectivity index (χ4n) is 2.20. The molecule has 0 fully saturated rings. The predicted molar refractivity (Wildman–Crippen MR) is 94.5 cm³/mol. The van der Waals surface area contributed by atoms with Gasteiger partial charge in [-0.3, -0.25) is 4.68 Å². The van der Waals surface area contributed by atoms with Gasteiger partial charge in [-0.2, -0.15) is 5.10 Å². The van der Waals surface area contributed by atoms with Gasteiger partial charge in [-0.05, 0) is 42.4 Å². The Kier molecular flexibility index (Phi) is 5.55. The van der Waals surface area contributed by atoms with Crippen molar-refractivity contribution in [1.82, 2.24) is 19.7 Å². The van der Waals surface area contributed by atoms with E-state index in [9.17, 15) is 0 Å². The van der Waals surface area contributed by atoms with Gasteiger partial charge in [0.1, 0.15) is 5.82 Å². The molecule has 5 nitrogen and oxygen atoms in total. The summed E-state index contributed by atoms with van der Waals surface area (Å²) in [6.45, 7) is 7.24. The lowest BCUT2D eigenvalue weighted by molar-refractivity contribution is 0.756. The van der Waals surface area contributed by atoms with Crippen LogP contribution in [0.2, 0.25) is 0 Å². The Labute approximate surface area is 139 Å². The summed E-state index contributed by atoms with van der Waals surface area (Å²) in [4.78, 5) is 9.48. The number of nitrogens with one attached hydrogen (secondary N) is 1. The summed E-state index contributed by atoms with van der Waals surface area (Å²) >= 11 is 2.35. The fraction of sp³-hybridized carbons (Fsp3) is 0.533. The first-order chi connectivity index (χ1) is 10.1. The molecule has 0 amide bonds. The van der Waals surface area contributed by atoms with Crippen molar-refractivity contribution < 1.29 is 0 Å². The zero-order valence-electron chi connectivity index (χ0n) is 13.1. The molecule has 1 N–H and O–H groups in total. The summed E-state index contributed by atoms with van der Waals surface area (Å²) in [5.41, 5.74) is 3.08. The maximum Gasteiger partial charge on any atom is 0.165 e. The molecule has 0 atom stereocenters. The van der Waals surface area contributed by atoms with Crippen molar-refractivity contribution >= 4 is 28.4 Å². The topological polar surface area (TPSA) is 55.6 Å². The molecule has 0 aliphatic carbocycles. The second-order valence-electron chi connectivity index (χ2n) is 5.14. The molecule has 2 rings (SSSR count). The number of nitrogens with zero attached hydrogens (tertiary/aromatic N) is 4. The van der Waals surface area contributed by atoms with E-state index in [1.807, 2.05) is 24.9 Å². The second-order valence-corrected chi connectivity index (χ2v) is 6.21. The van der Waals surface area contributed by atoms with Crippen LogP contribution >= 0.6 is 22.6 Å². The summed E-state index contributed by atoms with van der Waals surface area (Å²) < 4.78 is 2.94. The van der Waals surface area contributed by atoms with Gasteiger partial charge in [0.05, 0.1) is 20.5 Å². The van der Waals surface area contributed by atoms with E-state index < -0.39 is 0 Å². The molecule has 2 aromatic heterocycles. The SMILES string of the molecule is CCCNc1nc(-c2cn(C)nc2C)nc(CCC)c1I. The van der Waals surface area contributed by atoms with E-state index in [1.54, 1.807) is 0 Å². The third-order valence-corrected chi connectivity index (χ3v) is 4.34. The third kappa shape index (κ3) is 3.72. The molecule has 0 aliphatic rings. The van der Waals surface area contributed by atoms with Crippen LogP contribution in [0.3, 0.4) is 0 Å². The van der Waals surface area contributed by atoms with Crippen molar-refractivity contribution in [1.29, 1.82) is 0 Å². The van der Waals surface area contributed by atoms with Crippen LogP contribution in [-0.2, 0) is 13.5 Å². The lowest BCUT2D eigenvalue weighted by Gasteiger charge is -2.12. The number of hydrogen-bond acceptors (Lipinski definition) is 4. The van der Waals surface area contributed by atoms with Crippen molar-refractivity contribution in [2.24, 2.45) is 7.05 Å². The number of aromatic nitrogens is 4. The van der Waals surface area contributed by atoms with Gasteiger partial charge in [0, 0.05) is 19.8 Å². The van der Waals surface area contributed by atoms with Gasteiger partial charge < -0.3 is 5.32 Å². The quantitative estimate of drug-likeness (QED) is 0.755. The Morgan fingerprint density at radius 1 is 1.24 bits per heavy atom. The van der Waals surface area contributed by atoms with Crippen LogP contribution in [0.5, 0.6) is 0 Å². The molecule has 6 heteroatoms. The molecule has 0 saturated carbocycles. The highest BCUT2D eigenvalue weighted by atomic mass is 127. The molecule has 0 aliphatic heterocycles. The van der Waals surface area contributed by atoms with Gasteiger partial charge in [0.2, 0.25) is 0 Å². The monoisotopic (exact) mass is 399 g/mol. The van der Waals surface area contributed by atoms with E-state index in [2.05, 4.69) is 46.9 Å². The Hall–Kier alpha value is -1.18. The first-order valence-electron chi connectivity index (χ1n) is 7.37. The molecule has 21 heavy (non-hydrogen) atoms.